The third kappa shape index (κ3) is 3.21. The van der Waals surface area contributed by atoms with Crippen LogP contribution in [0.5, 0.6) is 0 Å². The minimum atomic E-state index is -0.407. The lowest BCUT2D eigenvalue weighted by atomic mass is 10.1. The predicted molar refractivity (Wildman–Crippen MR) is 86.5 cm³/mol. The van der Waals surface area contributed by atoms with Gasteiger partial charge in [0.2, 0.25) is 5.82 Å². The Hall–Kier alpha value is -2.37. The smallest absolute Gasteiger partial charge is 0.337 e. The van der Waals surface area contributed by atoms with E-state index in [1.54, 1.807) is 42.5 Å². The second kappa shape index (κ2) is 6.40. The maximum atomic E-state index is 11.4. The quantitative estimate of drug-likeness (QED) is 0.652. The van der Waals surface area contributed by atoms with Crippen molar-refractivity contribution in [3.63, 3.8) is 0 Å². The van der Waals surface area contributed by atoms with Gasteiger partial charge in [-0.3, -0.25) is 0 Å². The molecule has 3 aromatic rings. The van der Waals surface area contributed by atoms with Gasteiger partial charge in [-0.2, -0.15) is 4.98 Å². The molecule has 3 rings (SSSR count). The summed E-state index contributed by atoms with van der Waals surface area (Å²) < 4.78 is 9.90. The molecule has 0 amide bonds. The molecule has 0 fully saturated rings. The predicted octanol–water partition coefficient (Wildman–Crippen LogP) is 4.50. The van der Waals surface area contributed by atoms with E-state index in [0.717, 1.165) is 0 Å². The summed E-state index contributed by atoms with van der Waals surface area (Å²) in [6, 6.07) is 11.7. The van der Waals surface area contributed by atoms with Crippen LogP contribution in [0.25, 0.3) is 22.8 Å². The Morgan fingerprint density at radius 2 is 1.87 bits per heavy atom. The van der Waals surface area contributed by atoms with E-state index in [-0.39, 0.29) is 0 Å². The molecule has 1 aromatic heterocycles. The van der Waals surface area contributed by atoms with Crippen molar-refractivity contribution in [3.05, 3.63) is 58.1 Å². The lowest BCUT2D eigenvalue weighted by molar-refractivity contribution is 0.0601. The third-order valence-corrected chi connectivity index (χ3v) is 3.70. The number of hydrogen-bond donors (Lipinski definition) is 0. The van der Waals surface area contributed by atoms with Gasteiger partial charge in [-0.05, 0) is 42.5 Å². The fourth-order valence-electron chi connectivity index (χ4n) is 1.99. The molecule has 0 saturated heterocycles. The van der Waals surface area contributed by atoms with Gasteiger partial charge >= 0.3 is 5.97 Å². The SMILES string of the molecule is COC(=O)c1ccc(-c2nc(-c3ccc(Cl)cc3Cl)no2)cc1. The Kier molecular flexibility index (Phi) is 4.32. The highest BCUT2D eigenvalue weighted by atomic mass is 35.5. The fraction of sp³-hybridized carbons (Fsp3) is 0.0625. The minimum Gasteiger partial charge on any atom is -0.465 e. The van der Waals surface area contributed by atoms with Crippen LogP contribution in [-0.4, -0.2) is 23.2 Å². The highest BCUT2D eigenvalue weighted by Gasteiger charge is 2.14. The van der Waals surface area contributed by atoms with Crippen LogP contribution in [0.15, 0.2) is 47.0 Å². The van der Waals surface area contributed by atoms with Crippen LogP contribution in [0, 0.1) is 0 Å². The number of rotatable bonds is 3. The third-order valence-electron chi connectivity index (χ3n) is 3.15. The number of ether oxygens (including phenoxy) is 1. The van der Waals surface area contributed by atoms with Gasteiger partial charge in [0, 0.05) is 16.1 Å². The summed E-state index contributed by atoms with van der Waals surface area (Å²) >= 11 is 12.0. The summed E-state index contributed by atoms with van der Waals surface area (Å²) in [5.41, 5.74) is 1.75. The lowest BCUT2D eigenvalue weighted by Crippen LogP contribution is -2.00. The summed E-state index contributed by atoms with van der Waals surface area (Å²) in [5, 5.41) is 4.89. The number of nitrogens with zero attached hydrogens (tertiary/aromatic N) is 2. The van der Waals surface area contributed by atoms with Crippen LogP contribution in [-0.2, 0) is 4.74 Å². The Labute approximate surface area is 141 Å². The first-order valence-electron chi connectivity index (χ1n) is 6.56. The first-order chi connectivity index (χ1) is 11.1. The zero-order valence-electron chi connectivity index (χ0n) is 11.9. The highest BCUT2D eigenvalue weighted by molar-refractivity contribution is 6.36. The Morgan fingerprint density at radius 3 is 2.52 bits per heavy atom. The number of carbonyl (C=O) groups excluding carboxylic acids is 1. The molecular weight excluding hydrogens is 339 g/mol. The van der Waals surface area contributed by atoms with Crippen molar-refractivity contribution < 1.29 is 14.1 Å². The van der Waals surface area contributed by atoms with Gasteiger partial charge < -0.3 is 9.26 Å². The summed E-state index contributed by atoms with van der Waals surface area (Å²) in [6.45, 7) is 0. The second-order valence-corrected chi connectivity index (χ2v) is 5.46. The molecule has 0 spiro atoms. The maximum Gasteiger partial charge on any atom is 0.337 e. The molecule has 0 atom stereocenters. The van der Waals surface area contributed by atoms with Crippen molar-refractivity contribution in [1.82, 2.24) is 10.1 Å². The van der Waals surface area contributed by atoms with E-state index in [2.05, 4.69) is 14.9 Å². The molecule has 0 bridgehead atoms. The molecular formula is C16H10Cl2N2O3. The van der Waals surface area contributed by atoms with Crippen LogP contribution in [0.4, 0.5) is 0 Å². The van der Waals surface area contributed by atoms with Gasteiger partial charge in [0.05, 0.1) is 17.7 Å². The summed E-state index contributed by atoms with van der Waals surface area (Å²) in [4.78, 5) is 15.7. The van der Waals surface area contributed by atoms with Crippen molar-refractivity contribution in [3.8, 4) is 22.8 Å². The molecule has 1 heterocycles. The summed E-state index contributed by atoms with van der Waals surface area (Å²) in [5.74, 6) is 0.275. The average Bonchev–Trinajstić information content (AvgIpc) is 3.04. The molecule has 0 saturated carbocycles. The Morgan fingerprint density at radius 1 is 1.13 bits per heavy atom. The topological polar surface area (TPSA) is 65.2 Å². The average molecular weight is 349 g/mol. The van der Waals surface area contributed by atoms with Crippen molar-refractivity contribution in [1.29, 1.82) is 0 Å². The van der Waals surface area contributed by atoms with E-state index in [1.807, 2.05) is 0 Å². The van der Waals surface area contributed by atoms with Gasteiger partial charge in [-0.15, -0.1) is 0 Å². The van der Waals surface area contributed by atoms with E-state index >= 15 is 0 Å². The minimum absolute atomic E-state index is 0.322. The number of benzene rings is 2. The summed E-state index contributed by atoms with van der Waals surface area (Å²) in [7, 11) is 1.33. The number of aromatic nitrogens is 2. The largest absolute Gasteiger partial charge is 0.465 e. The number of carbonyl (C=O) groups is 1. The Bertz CT molecular complexity index is 860. The maximum absolute atomic E-state index is 11.4. The van der Waals surface area contributed by atoms with E-state index in [4.69, 9.17) is 27.7 Å². The van der Waals surface area contributed by atoms with Crippen LogP contribution in [0.3, 0.4) is 0 Å². The zero-order chi connectivity index (χ0) is 16.4. The number of esters is 1. The zero-order valence-corrected chi connectivity index (χ0v) is 13.4. The van der Waals surface area contributed by atoms with Crippen LogP contribution < -0.4 is 0 Å². The molecule has 0 aliphatic carbocycles. The van der Waals surface area contributed by atoms with Gasteiger partial charge in [-0.1, -0.05) is 28.4 Å². The van der Waals surface area contributed by atoms with E-state index in [9.17, 15) is 4.79 Å². The molecule has 0 radical (unpaired) electrons. The monoisotopic (exact) mass is 348 g/mol. The normalized spacial score (nSPS) is 10.6. The van der Waals surface area contributed by atoms with Crippen molar-refractivity contribution in [2.45, 2.75) is 0 Å². The molecule has 116 valence electrons. The van der Waals surface area contributed by atoms with E-state index in [0.29, 0.717) is 38.5 Å². The first kappa shape index (κ1) is 15.5. The summed E-state index contributed by atoms with van der Waals surface area (Å²) in [6.07, 6.45) is 0. The van der Waals surface area contributed by atoms with Crippen LogP contribution >= 0.6 is 23.2 Å². The molecule has 0 N–H and O–H groups in total. The van der Waals surface area contributed by atoms with Gasteiger partial charge in [0.1, 0.15) is 0 Å². The fourth-order valence-corrected chi connectivity index (χ4v) is 2.48. The molecule has 5 nitrogen and oxygen atoms in total. The van der Waals surface area contributed by atoms with Crippen LogP contribution in [0.1, 0.15) is 10.4 Å². The van der Waals surface area contributed by atoms with Crippen molar-refractivity contribution >= 4 is 29.2 Å². The van der Waals surface area contributed by atoms with Crippen molar-refractivity contribution in [2.24, 2.45) is 0 Å². The standard InChI is InChI=1S/C16H10Cl2N2O3/c1-22-16(21)10-4-2-9(3-5-10)15-19-14(20-23-15)12-7-6-11(17)8-13(12)18/h2-8H,1H3. The second-order valence-electron chi connectivity index (χ2n) is 4.62. The van der Waals surface area contributed by atoms with Crippen molar-refractivity contribution in [2.75, 3.05) is 7.11 Å². The molecule has 0 aliphatic heterocycles. The number of methoxy groups -OCH3 is 1. The van der Waals surface area contributed by atoms with Gasteiger partial charge in [0.25, 0.3) is 5.89 Å². The molecule has 0 unspecified atom stereocenters. The molecule has 0 aliphatic rings. The van der Waals surface area contributed by atoms with Crippen LogP contribution in [0.2, 0.25) is 10.0 Å². The van der Waals surface area contributed by atoms with Gasteiger partial charge in [0.15, 0.2) is 0 Å². The first-order valence-corrected chi connectivity index (χ1v) is 7.32. The lowest BCUT2D eigenvalue weighted by Gasteiger charge is -1.99. The number of halogens is 2. The van der Waals surface area contributed by atoms with E-state index in [1.165, 1.54) is 7.11 Å². The molecule has 7 heteroatoms. The highest BCUT2D eigenvalue weighted by Crippen LogP contribution is 2.30. The molecule has 2 aromatic carbocycles. The molecule has 23 heavy (non-hydrogen) atoms. The Balaban J connectivity index is 1.91. The number of hydrogen-bond acceptors (Lipinski definition) is 5. The van der Waals surface area contributed by atoms with Gasteiger partial charge in [-0.25, -0.2) is 4.79 Å². The van der Waals surface area contributed by atoms with E-state index < -0.39 is 5.97 Å².